The lowest BCUT2D eigenvalue weighted by Crippen LogP contribution is -2.50. The number of aromatic nitrogens is 3. The summed E-state index contributed by atoms with van der Waals surface area (Å²) in [7, 11) is 0. The van der Waals surface area contributed by atoms with Gasteiger partial charge in [0.05, 0.1) is 0 Å². The first-order valence-electron chi connectivity index (χ1n) is 10.1. The number of nitrogens with one attached hydrogen (secondary N) is 2. The number of aryl methyl sites for hydroxylation is 1. The number of hydrogen-bond acceptors (Lipinski definition) is 6. The van der Waals surface area contributed by atoms with Crippen molar-refractivity contribution in [2.75, 3.05) is 41.7 Å². The Balaban J connectivity index is 1.31. The zero-order valence-electron chi connectivity index (χ0n) is 17.5. The highest BCUT2D eigenvalue weighted by atomic mass is 19.1. The van der Waals surface area contributed by atoms with E-state index in [-0.39, 0.29) is 11.8 Å². The van der Waals surface area contributed by atoms with Gasteiger partial charge in [0.25, 0.3) is 0 Å². The van der Waals surface area contributed by atoms with Crippen molar-refractivity contribution in [3.05, 3.63) is 65.6 Å². The van der Waals surface area contributed by atoms with E-state index in [1.807, 2.05) is 31.2 Å². The molecule has 160 valence electrons. The van der Waals surface area contributed by atoms with Crippen molar-refractivity contribution in [1.29, 1.82) is 0 Å². The van der Waals surface area contributed by atoms with Crippen LogP contribution in [0.1, 0.15) is 11.1 Å². The number of piperazine rings is 1. The number of anilines is 4. The molecule has 0 spiro atoms. The van der Waals surface area contributed by atoms with E-state index in [0.29, 0.717) is 49.1 Å². The molecule has 0 radical (unpaired) electrons. The van der Waals surface area contributed by atoms with Crippen molar-refractivity contribution in [2.45, 2.75) is 13.8 Å². The third-order valence-electron chi connectivity index (χ3n) is 5.22. The molecule has 0 saturated carbocycles. The summed E-state index contributed by atoms with van der Waals surface area (Å²) >= 11 is 0. The van der Waals surface area contributed by atoms with E-state index in [1.54, 1.807) is 30.2 Å². The number of benzene rings is 1. The van der Waals surface area contributed by atoms with Crippen molar-refractivity contribution in [1.82, 2.24) is 20.1 Å². The molecule has 1 aliphatic rings. The molecular weight excluding hydrogens is 397 g/mol. The Bertz CT molecular complexity index is 1050. The maximum atomic E-state index is 13.7. The number of urea groups is 1. The van der Waals surface area contributed by atoms with Crippen LogP contribution in [0.15, 0.2) is 48.7 Å². The fourth-order valence-electron chi connectivity index (χ4n) is 3.31. The molecule has 1 aromatic carbocycles. The van der Waals surface area contributed by atoms with Gasteiger partial charge in [0.2, 0.25) is 0 Å². The quantitative estimate of drug-likeness (QED) is 0.668. The second-order valence-electron chi connectivity index (χ2n) is 7.44. The lowest BCUT2D eigenvalue weighted by atomic mass is 10.2. The van der Waals surface area contributed by atoms with Gasteiger partial charge in [-0.2, -0.15) is 0 Å². The van der Waals surface area contributed by atoms with Crippen LogP contribution in [0.2, 0.25) is 0 Å². The van der Waals surface area contributed by atoms with Crippen LogP contribution in [0.25, 0.3) is 0 Å². The van der Waals surface area contributed by atoms with Crippen LogP contribution in [-0.4, -0.2) is 52.3 Å². The molecule has 9 heteroatoms. The number of amides is 2. The number of pyridine rings is 1. The van der Waals surface area contributed by atoms with Crippen molar-refractivity contribution < 1.29 is 9.18 Å². The average molecular weight is 421 g/mol. The highest BCUT2D eigenvalue weighted by molar-refractivity contribution is 5.90. The van der Waals surface area contributed by atoms with Crippen LogP contribution in [0, 0.1) is 19.7 Å². The predicted molar refractivity (Wildman–Crippen MR) is 118 cm³/mol. The lowest BCUT2D eigenvalue weighted by molar-refractivity contribution is 0.208. The molecule has 31 heavy (non-hydrogen) atoms. The lowest BCUT2D eigenvalue weighted by Gasteiger charge is -2.35. The number of halogens is 1. The number of carbonyl (C=O) groups excluding carboxylic acids is 1. The van der Waals surface area contributed by atoms with Crippen molar-refractivity contribution in [3.63, 3.8) is 0 Å². The number of hydrogen-bond donors (Lipinski definition) is 2. The third kappa shape index (κ3) is 4.88. The zero-order chi connectivity index (χ0) is 21.8. The summed E-state index contributed by atoms with van der Waals surface area (Å²) in [5.41, 5.74) is 2.01. The molecular formula is C22H24FN7O. The normalized spacial score (nSPS) is 13.8. The molecule has 0 aliphatic carbocycles. The van der Waals surface area contributed by atoms with Gasteiger partial charge in [-0.1, -0.05) is 12.1 Å². The van der Waals surface area contributed by atoms with E-state index in [4.69, 9.17) is 0 Å². The van der Waals surface area contributed by atoms with Gasteiger partial charge in [-0.3, -0.25) is 0 Å². The minimum atomic E-state index is -0.336. The first kappa shape index (κ1) is 20.5. The maximum Gasteiger partial charge on any atom is 0.321 e. The molecule has 2 amide bonds. The Morgan fingerprint density at radius 3 is 2.42 bits per heavy atom. The molecule has 1 saturated heterocycles. The summed E-state index contributed by atoms with van der Waals surface area (Å²) in [4.78, 5) is 20.6. The van der Waals surface area contributed by atoms with Gasteiger partial charge in [0.1, 0.15) is 11.6 Å². The number of nitrogens with zero attached hydrogens (tertiary/aromatic N) is 5. The molecule has 3 heterocycles. The van der Waals surface area contributed by atoms with Crippen LogP contribution in [0.4, 0.5) is 32.3 Å². The van der Waals surface area contributed by atoms with E-state index in [2.05, 4.69) is 30.7 Å². The minimum absolute atomic E-state index is 0.232. The summed E-state index contributed by atoms with van der Waals surface area (Å²) in [6.07, 6.45) is 1.79. The van der Waals surface area contributed by atoms with Crippen LogP contribution in [-0.2, 0) is 0 Å². The molecule has 2 aromatic heterocycles. The van der Waals surface area contributed by atoms with Crippen molar-refractivity contribution in [3.8, 4) is 0 Å². The molecule has 1 aliphatic heterocycles. The zero-order valence-corrected chi connectivity index (χ0v) is 17.5. The molecule has 4 rings (SSSR count). The Hall–Kier alpha value is -3.75. The van der Waals surface area contributed by atoms with Gasteiger partial charge in [-0.05, 0) is 49.7 Å². The SMILES string of the molecule is Cc1ccc(Nc2ccc(N3CCN(C(=O)Nc4cccc(F)c4C)CC3)nn2)nc1. The number of rotatable bonds is 4. The van der Waals surface area contributed by atoms with Crippen molar-refractivity contribution >= 4 is 29.2 Å². The van der Waals surface area contributed by atoms with E-state index in [0.717, 1.165) is 11.4 Å². The maximum absolute atomic E-state index is 13.7. The fourth-order valence-corrected chi connectivity index (χ4v) is 3.31. The first-order valence-corrected chi connectivity index (χ1v) is 10.1. The smallest absolute Gasteiger partial charge is 0.321 e. The standard InChI is InChI=1S/C22H24FN7O/c1-15-6-7-19(24-14-15)26-20-8-9-21(28-27-20)29-10-12-30(13-11-29)22(31)25-18-5-3-4-17(23)16(18)2/h3-9,14H,10-13H2,1-2H3,(H,25,31)(H,24,26,27). The minimum Gasteiger partial charge on any atom is -0.352 e. The second-order valence-corrected chi connectivity index (χ2v) is 7.44. The van der Waals surface area contributed by atoms with Gasteiger partial charge in [-0.15, -0.1) is 10.2 Å². The van der Waals surface area contributed by atoms with Crippen LogP contribution in [0.5, 0.6) is 0 Å². The Labute approximate surface area is 180 Å². The summed E-state index contributed by atoms with van der Waals surface area (Å²) in [5, 5.41) is 14.4. The summed E-state index contributed by atoms with van der Waals surface area (Å²) in [6.45, 7) is 5.98. The highest BCUT2D eigenvalue weighted by Gasteiger charge is 2.22. The van der Waals surface area contributed by atoms with Gasteiger partial charge < -0.3 is 20.4 Å². The second kappa shape index (κ2) is 8.95. The van der Waals surface area contributed by atoms with Gasteiger partial charge in [-0.25, -0.2) is 14.2 Å². The first-order chi connectivity index (χ1) is 15.0. The van der Waals surface area contributed by atoms with E-state index >= 15 is 0 Å². The molecule has 0 atom stereocenters. The molecule has 1 fully saturated rings. The van der Waals surface area contributed by atoms with Crippen LogP contribution < -0.4 is 15.5 Å². The summed E-state index contributed by atoms with van der Waals surface area (Å²) in [6, 6.07) is 12.0. The Kier molecular flexibility index (Phi) is 5.92. The van der Waals surface area contributed by atoms with E-state index < -0.39 is 0 Å². The third-order valence-corrected chi connectivity index (χ3v) is 5.22. The van der Waals surface area contributed by atoms with E-state index in [1.165, 1.54) is 6.07 Å². The summed E-state index contributed by atoms with van der Waals surface area (Å²) in [5.74, 6) is 1.74. The van der Waals surface area contributed by atoms with Crippen molar-refractivity contribution in [2.24, 2.45) is 0 Å². The fraction of sp³-hybridized carbons (Fsp3) is 0.273. The number of carbonyl (C=O) groups is 1. The van der Waals surface area contributed by atoms with Crippen LogP contribution in [0.3, 0.4) is 0 Å². The molecule has 8 nitrogen and oxygen atoms in total. The predicted octanol–water partition coefficient (Wildman–Crippen LogP) is 3.73. The van der Waals surface area contributed by atoms with E-state index in [9.17, 15) is 9.18 Å². The topological polar surface area (TPSA) is 86.3 Å². The molecule has 0 unspecified atom stereocenters. The monoisotopic (exact) mass is 421 g/mol. The summed E-state index contributed by atoms with van der Waals surface area (Å²) < 4.78 is 13.7. The molecule has 0 bridgehead atoms. The largest absolute Gasteiger partial charge is 0.352 e. The molecule has 2 N–H and O–H groups in total. The molecule has 3 aromatic rings. The Morgan fingerprint density at radius 1 is 0.968 bits per heavy atom. The van der Waals surface area contributed by atoms with Gasteiger partial charge in [0, 0.05) is 43.6 Å². The van der Waals surface area contributed by atoms with Gasteiger partial charge >= 0.3 is 6.03 Å². The van der Waals surface area contributed by atoms with Gasteiger partial charge in [0.15, 0.2) is 11.6 Å². The Morgan fingerprint density at radius 2 is 1.74 bits per heavy atom. The van der Waals surface area contributed by atoms with Crippen LogP contribution >= 0.6 is 0 Å². The average Bonchev–Trinajstić information content (AvgIpc) is 2.79. The highest BCUT2D eigenvalue weighted by Crippen LogP contribution is 2.20.